The van der Waals surface area contributed by atoms with Gasteiger partial charge in [0.2, 0.25) is 5.43 Å². The average Bonchev–Trinajstić information content (AvgIpc) is 3.02. The highest BCUT2D eigenvalue weighted by molar-refractivity contribution is 5.90. The lowest BCUT2D eigenvalue weighted by Crippen LogP contribution is -2.42. The van der Waals surface area contributed by atoms with E-state index in [1.54, 1.807) is 26.0 Å². The van der Waals surface area contributed by atoms with E-state index in [2.05, 4.69) is 0 Å². The molecule has 1 aliphatic rings. The molecule has 0 saturated carbocycles. The van der Waals surface area contributed by atoms with Crippen molar-refractivity contribution < 1.29 is 29.2 Å². The van der Waals surface area contributed by atoms with E-state index in [0.29, 0.717) is 16.9 Å². The monoisotopic (exact) mass is 384 g/mol. The summed E-state index contributed by atoms with van der Waals surface area (Å²) in [4.78, 5) is 13.1. The van der Waals surface area contributed by atoms with Crippen molar-refractivity contribution >= 4 is 11.0 Å². The van der Waals surface area contributed by atoms with Gasteiger partial charge in [0.25, 0.3) is 0 Å². The number of aromatic hydroxyl groups is 2. The molecule has 3 aromatic rings. The second-order valence-electron chi connectivity index (χ2n) is 7.38. The van der Waals surface area contributed by atoms with Crippen LogP contribution in [0.4, 0.5) is 0 Å². The van der Waals surface area contributed by atoms with Crippen LogP contribution in [-0.4, -0.2) is 34.1 Å². The van der Waals surface area contributed by atoms with Crippen LogP contribution in [0.3, 0.4) is 0 Å². The summed E-state index contributed by atoms with van der Waals surface area (Å²) in [5, 5.41) is 30.8. The van der Waals surface area contributed by atoms with Crippen LogP contribution >= 0.6 is 0 Å². The number of rotatable bonds is 3. The highest BCUT2D eigenvalue weighted by Gasteiger charge is 2.46. The summed E-state index contributed by atoms with van der Waals surface area (Å²) in [6, 6.07) is 7.62. The summed E-state index contributed by atoms with van der Waals surface area (Å²) >= 11 is 0. The molecule has 2 atom stereocenters. The second kappa shape index (κ2) is 6.25. The summed E-state index contributed by atoms with van der Waals surface area (Å²) in [6.45, 7) is 3.16. The maximum atomic E-state index is 13.1. The first-order valence-corrected chi connectivity index (χ1v) is 8.75. The van der Waals surface area contributed by atoms with E-state index in [9.17, 15) is 20.1 Å². The molecule has 2 aromatic carbocycles. The van der Waals surface area contributed by atoms with Gasteiger partial charge in [0.05, 0.1) is 16.7 Å². The van der Waals surface area contributed by atoms with Crippen LogP contribution in [-0.2, 0) is 4.74 Å². The Morgan fingerprint density at radius 2 is 1.82 bits per heavy atom. The Bertz CT molecular complexity index is 1110. The number of ether oxygens (including phenoxy) is 2. The van der Waals surface area contributed by atoms with Gasteiger partial charge in [-0.15, -0.1) is 0 Å². The summed E-state index contributed by atoms with van der Waals surface area (Å²) < 4.78 is 16.9. The second-order valence-corrected chi connectivity index (χ2v) is 7.38. The SMILES string of the molecule is CO[C@@H]1c2c(cc3occ(-c4ccc(O)cc4)c(=O)c3c2O)O[C@@H]1C(C)(C)O. The zero-order valence-electron chi connectivity index (χ0n) is 15.6. The zero-order valence-corrected chi connectivity index (χ0v) is 15.6. The van der Waals surface area contributed by atoms with Crippen molar-refractivity contribution in [3.8, 4) is 28.4 Å². The van der Waals surface area contributed by atoms with Crippen molar-refractivity contribution in [3.63, 3.8) is 0 Å². The Labute approximate surface area is 160 Å². The van der Waals surface area contributed by atoms with Crippen molar-refractivity contribution in [2.45, 2.75) is 31.7 Å². The molecule has 0 radical (unpaired) electrons. The highest BCUT2D eigenvalue weighted by atomic mass is 16.6. The predicted octanol–water partition coefficient (Wildman–Crippen LogP) is 3.09. The molecule has 1 aromatic heterocycles. The molecule has 0 amide bonds. The lowest BCUT2D eigenvalue weighted by atomic mass is 9.93. The average molecular weight is 384 g/mol. The molecular weight excluding hydrogens is 364 g/mol. The van der Waals surface area contributed by atoms with Crippen molar-refractivity contribution in [1.82, 2.24) is 0 Å². The van der Waals surface area contributed by atoms with Gasteiger partial charge >= 0.3 is 0 Å². The summed E-state index contributed by atoms with van der Waals surface area (Å²) in [5.74, 6) is 0.0809. The van der Waals surface area contributed by atoms with E-state index in [-0.39, 0.29) is 28.0 Å². The summed E-state index contributed by atoms with van der Waals surface area (Å²) in [7, 11) is 1.45. The molecule has 0 saturated heterocycles. The van der Waals surface area contributed by atoms with Crippen molar-refractivity contribution in [3.05, 3.63) is 52.4 Å². The fourth-order valence-electron chi connectivity index (χ4n) is 3.58. The molecule has 28 heavy (non-hydrogen) atoms. The predicted molar refractivity (Wildman–Crippen MR) is 102 cm³/mol. The van der Waals surface area contributed by atoms with Crippen LogP contribution < -0.4 is 10.2 Å². The zero-order chi connectivity index (χ0) is 20.2. The Morgan fingerprint density at radius 1 is 1.14 bits per heavy atom. The Balaban J connectivity index is 1.94. The Morgan fingerprint density at radius 3 is 2.43 bits per heavy atom. The number of phenolic OH excluding ortho intramolecular Hbond substituents is 2. The van der Waals surface area contributed by atoms with Crippen LogP contribution in [0.15, 0.2) is 45.8 Å². The Hall–Kier alpha value is -3.03. The minimum Gasteiger partial charge on any atom is -0.508 e. The molecule has 7 nitrogen and oxygen atoms in total. The number of aliphatic hydroxyl groups is 1. The first-order chi connectivity index (χ1) is 13.2. The maximum absolute atomic E-state index is 13.1. The number of methoxy groups -OCH3 is 1. The van der Waals surface area contributed by atoms with Crippen LogP contribution in [0.25, 0.3) is 22.1 Å². The lowest BCUT2D eigenvalue weighted by Gasteiger charge is -2.28. The normalized spacial score (nSPS) is 18.9. The molecular formula is C21H20O7. The van der Waals surface area contributed by atoms with Gasteiger partial charge < -0.3 is 29.2 Å². The van der Waals surface area contributed by atoms with Gasteiger partial charge in [-0.2, -0.15) is 0 Å². The summed E-state index contributed by atoms with van der Waals surface area (Å²) in [6.07, 6.45) is -0.211. The van der Waals surface area contributed by atoms with Gasteiger partial charge in [-0.25, -0.2) is 0 Å². The molecule has 3 N–H and O–H groups in total. The lowest BCUT2D eigenvalue weighted by molar-refractivity contribution is -0.0884. The van der Waals surface area contributed by atoms with E-state index in [1.807, 2.05) is 0 Å². The smallest absolute Gasteiger partial charge is 0.204 e. The molecule has 146 valence electrons. The van der Waals surface area contributed by atoms with E-state index >= 15 is 0 Å². The molecule has 0 unspecified atom stereocenters. The van der Waals surface area contributed by atoms with Crippen LogP contribution in [0.2, 0.25) is 0 Å². The third kappa shape index (κ3) is 2.71. The Kier molecular flexibility index (Phi) is 4.10. The highest BCUT2D eigenvalue weighted by Crippen LogP contribution is 2.49. The molecule has 0 fully saturated rings. The van der Waals surface area contributed by atoms with Gasteiger partial charge in [-0.3, -0.25) is 4.79 Å². The molecule has 0 spiro atoms. The van der Waals surface area contributed by atoms with E-state index in [4.69, 9.17) is 13.9 Å². The third-order valence-corrected chi connectivity index (χ3v) is 4.98. The molecule has 7 heteroatoms. The fraction of sp³-hybridized carbons (Fsp3) is 0.286. The first kappa shape index (κ1) is 18.3. The quantitative estimate of drug-likeness (QED) is 0.636. The topological polar surface area (TPSA) is 109 Å². The minimum atomic E-state index is -1.24. The third-order valence-electron chi connectivity index (χ3n) is 4.98. The number of hydrogen-bond donors (Lipinski definition) is 3. The number of benzene rings is 2. The van der Waals surface area contributed by atoms with Gasteiger partial charge in [0, 0.05) is 13.2 Å². The number of fused-ring (bicyclic) bond motifs is 2. The largest absolute Gasteiger partial charge is 0.508 e. The van der Waals surface area contributed by atoms with Crippen molar-refractivity contribution in [1.29, 1.82) is 0 Å². The standard InChI is InChI=1S/C21H20O7/c1-21(2,25)20-19(26-3)16-14(28-20)8-13-15(18(16)24)17(23)12(9-27-13)10-4-6-11(22)7-5-10/h4-9,19-20,22,24-25H,1-3H3/t19-,20+/m1/s1. The van der Waals surface area contributed by atoms with E-state index in [1.165, 1.54) is 31.6 Å². The number of hydrogen-bond acceptors (Lipinski definition) is 7. The fourth-order valence-corrected chi connectivity index (χ4v) is 3.58. The van der Waals surface area contributed by atoms with Crippen molar-refractivity contribution in [2.75, 3.05) is 7.11 Å². The van der Waals surface area contributed by atoms with E-state index in [0.717, 1.165) is 0 Å². The van der Waals surface area contributed by atoms with Gasteiger partial charge in [0.1, 0.15) is 40.6 Å². The van der Waals surface area contributed by atoms with E-state index < -0.39 is 23.2 Å². The molecule has 4 rings (SSSR count). The van der Waals surface area contributed by atoms with Gasteiger partial charge in [-0.05, 0) is 31.5 Å². The van der Waals surface area contributed by atoms with Crippen molar-refractivity contribution in [2.24, 2.45) is 0 Å². The summed E-state index contributed by atoms with van der Waals surface area (Å²) in [5.41, 5.74) is -0.412. The van der Waals surface area contributed by atoms with Crippen LogP contribution in [0.1, 0.15) is 25.5 Å². The molecule has 2 heterocycles. The first-order valence-electron chi connectivity index (χ1n) is 8.75. The molecule has 0 bridgehead atoms. The van der Waals surface area contributed by atoms with Gasteiger partial charge in [0.15, 0.2) is 6.10 Å². The molecule has 1 aliphatic heterocycles. The van der Waals surface area contributed by atoms with Crippen LogP contribution in [0.5, 0.6) is 17.2 Å². The maximum Gasteiger partial charge on any atom is 0.204 e. The minimum absolute atomic E-state index is 0.00590. The number of phenols is 2. The van der Waals surface area contributed by atoms with Gasteiger partial charge in [-0.1, -0.05) is 12.1 Å². The van der Waals surface area contributed by atoms with Crippen LogP contribution in [0, 0.1) is 0 Å². The molecule has 0 aliphatic carbocycles.